The van der Waals surface area contributed by atoms with Gasteiger partial charge in [0.2, 0.25) is 0 Å². The molecule has 1 aromatic carbocycles. The summed E-state index contributed by atoms with van der Waals surface area (Å²) in [5.74, 6) is -0.775. The van der Waals surface area contributed by atoms with E-state index in [0.717, 1.165) is 6.26 Å². The lowest BCUT2D eigenvalue weighted by Crippen LogP contribution is -2.46. The number of nitrogens with zero attached hydrogens (tertiary/aromatic N) is 2. The summed E-state index contributed by atoms with van der Waals surface area (Å²) >= 11 is 0. The largest absolute Gasteiger partial charge is 0.465 e. The number of hydrogen-bond acceptors (Lipinski definition) is 8. The van der Waals surface area contributed by atoms with Crippen LogP contribution in [0.3, 0.4) is 0 Å². The lowest BCUT2D eigenvalue weighted by Gasteiger charge is -2.35. The molecule has 1 aliphatic heterocycles. The molecular weight excluding hydrogens is 410 g/mol. The Morgan fingerprint density at radius 3 is 2.30 bits per heavy atom. The number of piperidine rings is 1. The van der Waals surface area contributed by atoms with Gasteiger partial charge in [0.15, 0.2) is 9.84 Å². The van der Waals surface area contributed by atoms with Crippen molar-refractivity contribution in [2.75, 3.05) is 31.4 Å². The summed E-state index contributed by atoms with van der Waals surface area (Å²) in [7, 11) is -2.51. The second kappa shape index (κ2) is 8.92. The van der Waals surface area contributed by atoms with Gasteiger partial charge in [-0.1, -0.05) is 0 Å². The van der Waals surface area contributed by atoms with Crippen molar-refractivity contribution in [3.8, 4) is 6.07 Å². The van der Waals surface area contributed by atoms with Gasteiger partial charge in [-0.25, -0.2) is 18.0 Å². The van der Waals surface area contributed by atoms with Gasteiger partial charge in [-0.15, -0.1) is 0 Å². The summed E-state index contributed by atoms with van der Waals surface area (Å²) < 4.78 is 34.7. The number of nitrogens with one attached hydrogen (secondary N) is 1. The van der Waals surface area contributed by atoms with E-state index in [0.29, 0.717) is 31.6 Å². The molecule has 0 bridgehead atoms. The standard InChI is InChI=1S/C20H27N3O6S/c1-20(2,3)29-19(25)22-14-6-8-23(9-7-14)16-10-13(12-21)15(18(24)28-4)11-17(16)30(5,26)27/h10-11,14H,6-9H2,1-5H3,(H,22,25). The predicted molar refractivity (Wildman–Crippen MR) is 110 cm³/mol. The summed E-state index contributed by atoms with van der Waals surface area (Å²) in [4.78, 5) is 25.7. The quantitative estimate of drug-likeness (QED) is 0.711. The number of ether oxygens (including phenoxy) is 2. The highest BCUT2D eigenvalue weighted by Crippen LogP contribution is 2.31. The first-order valence-electron chi connectivity index (χ1n) is 9.46. The Morgan fingerprint density at radius 1 is 1.23 bits per heavy atom. The van der Waals surface area contributed by atoms with Crippen LogP contribution in [0.2, 0.25) is 0 Å². The number of esters is 1. The number of carbonyl (C=O) groups is 2. The molecule has 10 heteroatoms. The molecule has 164 valence electrons. The molecule has 2 rings (SSSR count). The topological polar surface area (TPSA) is 126 Å². The molecule has 0 atom stereocenters. The Balaban J connectivity index is 2.25. The molecular formula is C20H27N3O6S. The molecule has 0 radical (unpaired) electrons. The molecule has 0 aliphatic carbocycles. The second-order valence-corrected chi connectivity index (χ2v) is 10.1. The number of alkyl carbamates (subject to hydrolysis) is 1. The van der Waals surface area contributed by atoms with Crippen LogP contribution in [0.1, 0.15) is 49.5 Å². The van der Waals surface area contributed by atoms with Crippen LogP contribution in [0.4, 0.5) is 10.5 Å². The van der Waals surface area contributed by atoms with Crippen LogP contribution in [-0.4, -0.2) is 58.6 Å². The van der Waals surface area contributed by atoms with Crippen LogP contribution >= 0.6 is 0 Å². The maximum absolute atomic E-state index is 12.4. The fraction of sp³-hybridized carbons (Fsp3) is 0.550. The van der Waals surface area contributed by atoms with Gasteiger partial charge in [0, 0.05) is 25.4 Å². The summed E-state index contributed by atoms with van der Waals surface area (Å²) in [6.45, 7) is 6.28. The van der Waals surface area contributed by atoms with E-state index in [1.54, 1.807) is 20.8 Å². The zero-order chi connectivity index (χ0) is 22.7. The molecule has 9 nitrogen and oxygen atoms in total. The second-order valence-electron chi connectivity index (χ2n) is 8.15. The number of methoxy groups -OCH3 is 1. The Bertz CT molecular complexity index is 967. The van der Waals surface area contributed by atoms with Crippen molar-refractivity contribution in [3.63, 3.8) is 0 Å². The van der Waals surface area contributed by atoms with Crippen molar-refractivity contribution in [2.24, 2.45) is 0 Å². The first kappa shape index (κ1) is 23.5. The lowest BCUT2D eigenvalue weighted by atomic mass is 10.0. The molecule has 1 N–H and O–H groups in total. The van der Waals surface area contributed by atoms with E-state index in [2.05, 4.69) is 10.1 Å². The Hall–Kier alpha value is -2.80. The molecule has 0 saturated carbocycles. The minimum absolute atomic E-state index is 0.0400. The van der Waals surface area contributed by atoms with Gasteiger partial charge in [0.25, 0.3) is 0 Å². The van der Waals surface area contributed by atoms with Crippen LogP contribution in [-0.2, 0) is 19.3 Å². The van der Waals surface area contributed by atoms with Crippen molar-refractivity contribution in [3.05, 3.63) is 23.3 Å². The van der Waals surface area contributed by atoms with Gasteiger partial charge in [-0.2, -0.15) is 5.26 Å². The molecule has 1 aliphatic rings. The van der Waals surface area contributed by atoms with Crippen molar-refractivity contribution in [2.45, 2.75) is 50.2 Å². The van der Waals surface area contributed by atoms with Crippen LogP contribution in [0.5, 0.6) is 0 Å². The van der Waals surface area contributed by atoms with E-state index in [1.165, 1.54) is 19.2 Å². The molecule has 1 aromatic rings. The highest BCUT2D eigenvalue weighted by atomic mass is 32.2. The molecule has 1 heterocycles. The first-order valence-corrected chi connectivity index (χ1v) is 11.4. The molecule has 0 spiro atoms. The third kappa shape index (κ3) is 5.86. The molecule has 1 amide bonds. The summed E-state index contributed by atoms with van der Waals surface area (Å²) in [6, 6.07) is 4.42. The Kier molecular flexibility index (Phi) is 6.98. The van der Waals surface area contributed by atoms with Crippen LogP contribution in [0, 0.1) is 11.3 Å². The van der Waals surface area contributed by atoms with E-state index in [4.69, 9.17) is 4.74 Å². The van der Waals surface area contributed by atoms with Crippen LogP contribution in [0.25, 0.3) is 0 Å². The number of carbonyl (C=O) groups excluding carboxylic acids is 2. The Labute approximate surface area is 176 Å². The maximum Gasteiger partial charge on any atom is 0.407 e. The number of rotatable bonds is 4. The number of hydrogen-bond donors (Lipinski definition) is 1. The summed E-state index contributed by atoms with van der Waals surface area (Å²) in [5, 5.41) is 12.3. The highest BCUT2D eigenvalue weighted by molar-refractivity contribution is 7.90. The Morgan fingerprint density at radius 2 is 1.83 bits per heavy atom. The minimum atomic E-state index is -3.67. The van der Waals surface area contributed by atoms with Gasteiger partial charge >= 0.3 is 12.1 Å². The summed E-state index contributed by atoms with van der Waals surface area (Å²) in [6.07, 6.45) is 1.70. The third-order valence-corrected chi connectivity index (χ3v) is 5.71. The van der Waals surface area contributed by atoms with Crippen molar-refractivity contribution >= 4 is 27.6 Å². The fourth-order valence-electron chi connectivity index (χ4n) is 3.22. The van der Waals surface area contributed by atoms with Crippen LogP contribution < -0.4 is 10.2 Å². The predicted octanol–water partition coefficient (Wildman–Crippen LogP) is 2.24. The minimum Gasteiger partial charge on any atom is -0.465 e. The monoisotopic (exact) mass is 437 g/mol. The van der Waals surface area contributed by atoms with Gasteiger partial charge in [-0.05, 0) is 45.7 Å². The number of benzene rings is 1. The van der Waals surface area contributed by atoms with Gasteiger partial charge in [0.1, 0.15) is 11.7 Å². The first-order chi connectivity index (χ1) is 13.9. The van der Waals surface area contributed by atoms with E-state index >= 15 is 0 Å². The number of nitriles is 1. The average molecular weight is 438 g/mol. The molecule has 30 heavy (non-hydrogen) atoms. The lowest BCUT2D eigenvalue weighted by molar-refractivity contribution is 0.0496. The van der Waals surface area contributed by atoms with Crippen LogP contribution in [0.15, 0.2) is 17.0 Å². The molecule has 1 saturated heterocycles. The van der Waals surface area contributed by atoms with E-state index < -0.39 is 27.5 Å². The average Bonchev–Trinajstić information content (AvgIpc) is 2.64. The number of amides is 1. The molecule has 0 aromatic heterocycles. The van der Waals surface area contributed by atoms with E-state index in [1.807, 2.05) is 11.0 Å². The van der Waals surface area contributed by atoms with Crippen molar-refractivity contribution < 1.29 is 27.5 Å². The van der Waals surface area contributed by atoms with E-state index in [9.17, 15) is 23.3 Å². The van der Waals surface area contributed by atoms with Gasteiger partial charge in [0.05, 0.1) is 28.8 Å². The van der Waals surface area contributed by atoms with Gasteiger partial charge < -0.3 is 19.7 Å². The fourth-order valence-corrected chi connectivity index (χ4v) is 4.12. The normalized spacial score (nSPS) is 15.3. The summed E-state index contributed by atoms with van der Waals surface area (Å²) in [5.41, 5.74) is -0.286. The maximum atomic E-state index is 12.4. The van der Waals surface area contributed by atoms with Crippen molar-refractivity contribution in [1.82, 2.24) is 5.32 Å². The van der Waals surface area contributed by atoms with Crippen molar-refractivity contribution in [1.29, 1.82) is 5.26 Å². The zero-order valence-electron chi connectivity index (χ0n) is 17.8. The number of sulfone groups is 1. The molecule has 0 unspecified atom stereocenters. The third-order valence-electron chi connectivity index (χ3n) is 4.58. The number of anilines is 1. The molecule has 1 fully saturated rings. The smallest absolute Gasteiger partial charge is 0.407 e. The van der Waals surface area contributed by atoms with Gasteiger partial charge in [-0.3, -0.25) is 0 Å². The van der Waals surface area contributed by atoms with E-state index in [-0.39, 0.29) is 22.1 Å². The highest BCUT2D eigenvalue weighted by Gasteiger charge is 2.28. The zero-order valence-corrected chi connectivity index (χ0v) is 18.6. The SMILES string of the molecule is COC(=O)c1cc(S(C)(=O)=O)c(N2CCC(NC(=O)OC(C)(C)C)CC2)cc1C#N.